The molecule has 0 saturated heterocycles. The average Bonchev–Trinajstić information content (AvgIpc) is 2.64. The van der Waals surface area contributed by atoms with Crippen molar-refractivity contribution in [2.45, 2.75) is 124 Å². The van der Waals surface area contributed by atoms with E-state index in [4.69, 9.17) is 4.74 Å². The number of esters is 1. The highest BCUT2D eigenvalue weighted by Gasteiger charge is 2.73. The maximum atomic E-state index is 12.6. The third-order valence-electron chi connectivity index (χ3n) is 9.50. The van der Waals surface area contributed by atoms with Crippen LogP contribution in [0.4, 0.5) is 0 Å². The summed E-state index contributed by atoms with van der Waals surface area (Å²) in [6, 6.07) is 0. The predicted molar refractivity (Wildman–Crippen MR) is 117 cm³/mol. The van der Waals surface area contributed by atoms with Crippen LogP contribution in [0.15, 0.2) is 0 Å². The molecule has 0 aromatic rings. The van der Waals surface area contributed by atoms with Crippen LogP contribution in [0.1, 0.15) is 119 Å². The first kappa shape index (κ1) is 22.2. The SMILES string of the molecule is CCCCCCCCC(=O)OC(C)(C)C(C)(C)C12CC3CCC(C)CC(C1)C32. The Morgan fingerprint density at radius 1 is 0.964 bits per heavy atom. The normalized spacial score (nSPS) is 34.6. The molecule has 28 heavy (non-hydrogen) atoms. The molecule has 0 heterocycles. The molecule has 3 fully saturated rings. The summed E-state index contributed by atoms with van der Waals surface area (Å²) in [5.74, 6) is 3.69. The van der Waals surface area contributed by atoms with Gasteiger partial charge >= 0.3 is 5.97 Å². The first-order valence-corrected chi connectivity index (χ1v) is 12.4. The Balaban J connectivity index is 1.54. The zero-order valence-electron chi connectivity index (χ0n) is 19.6. The van der Waals surface area contributed by atoms with E-state index in [1.807, 2.05) is 0 Å². The molecule has 0 spiro atoms. The minimum atomic E-state index is -0.389. The highest BCUT2D eigenvalue weighted by atomic mass is 16.6. The molecular formula is C26H46O2. The van der Waals surface area contributed by atoms with Gasteiger partial charge in [-0.1, -0.05) is 66.2 Å². The fourth-order valence-electron chi connectivity index (χ4n) is 7.20. The first-order chi connectivity index (χ1) is 13.1. The summed E-state index contributed by atoms with van der Waals surface area (Å²) < 4.78 is 6.17. The van der Waals surface area contributed by atoms with Gasteiger partial charge in [-0.25, -0.2) is 0 Å². The molecule has 0 N–H and O–H groups in total. The molecule has 5 unspecified atom stereocenters. The molecule has 162 valence electrons. The number of ether oxygens (including phenoxy) is 1. The Hall–Kier alpha value is -0.530. The van der Waals surface area contributed by atoms with Crippen LogP contribution in [0.2, 0.25) is 0 Å². The second kappa shape index (κ2) is 8.31. The van der Waals surface area contributed by atoms with Gasteiger partial charge in [0.25, 0.3) is 0 Å². The van der Waals surface area contributed by atoms with Crippen LogP contribution in [0.3, 0.4) is 0 Å². The van der Waals surface area contributed by atoms with E-state index >= 15 is 0 Å². The lowest BCUT2D eigenvalue weighted by Gasteiger charge is -2.75. The van der Waals surface area contributed by atoms with E-state index in [2.05, 4.69) is 41.5 Å². The van der Waals surface area contributed by atoms with Crippen LogP contribution < -0.4 is 0 Å². The molecule has 2 nitrogen and oxygen atoms in total. The number of carbonyl (C=O) groups excluding carboxylic acids is 1. The Labute approximate surface area is 174 Å². The highest BCUT2D eigenvalue weighted by molar-refractivity contribution is 5.70. The molecule has 0 aliphatic heterocycles. The van der Waals surface area contributed by atoms with Gasteiger partial charge in [0, 0.05) is 11.8 Å². The van der Waals surface area contributed by atoms with E-state index in [1.54, 1.807) is 0 Å². The largest absolute Gasteiger partial charge is 0.459 e. The van der Waals surface area contributed by atoms with Gasteiger partial charge in [-0.15, -0.1) is 0 Å². The lowest BCUT2D eigenvalue weighted by Crippen LogP contribution is -2.71. The molecule has 5 atom stereocenters. The van der Waals surface area contributed by atoms with Gasteiger partial charge in [0.1, 0.15) is 5.60 Å². The van der Waals surface area contributed by atoms with Crippen molar-refractivity contribution in [3.63, 3.8) is 0 Å². The van der Waals surface area contributed by atoms with E-state index in [0.29, 0.717) is 11.8 Å². The third-order valence-corrected chi connectivity index (χ3v) is 9.50. The van der Waals surface area contributed by atoms with Crippen LogP contribution >= 0.6 is 0 Å². The highest BCUT2D eigenvalue weighted by Crippen LogP contribution is 2.78. The maximum Gasteiger partial charge on any atom is 0.306 e. The third kappa shape index (κ3) is 3.79. The number of hydrogen-bond donors (Lipinski definition) is 0. The Kier molecular flexibility index (Phi) is 6.57. The van der Waals surface area contributed by atoms with E-state index in [-0.39, 0.29) is 17.0 Å². The van der Waals surface area contributed by atoms with Gasteiger partial charge in [-0.2, -0.15) is 0 Å². The van der Waals surface area contributed by atoms with E-state index in [9.17, 15) is 4.79 Å². The summed E-state index contributed by atoms with van der Waals surface area (Å²) >= 11 is 0. The topological polar surface area (TPSA) is 26.3 Å². The molecule has 0 amide bonds. The molecule has 0 aromatic carbocycles. The van der Waals surface area contributed by atoms with Crippen molar-refractivity contribution in [1.29, 1.82) is 0 Å². The Morgan fingerprint density at radius 3 is 2.32 bits per heavy atom. The van der Waals surface area contributed by atoms with Crippen molar-refractivity contribution in [3.8, 4) is 0 Å². The summed E-state index contributed by atoms with van der Waals surface area (Å²) in [6.07, 6.45) is 14.9. The van der Waals surface area contributed by atoms with Gasteiger partial charge in [0.15, 0.2) is 0 Å². The summed E-state index contributed by atoms with van der Waals surface area (Å²) in [7, 11) is 0. The summed E-state index contributed by atoms with van der Waals surface area (Å²) in [5, 5.41) is 0. The Morgan fingerprint density at radius 2 is 1.61 bits per heavy atom. The van der Waals surface area contributed by atoms with Gasteiger partial charge in [0.05, 0.1) is 0 Å². The second-order valence-electron chi connectivity index (χ2n) is 11.7. The fraction of sp³-hybridized carbons (Fsp3) is 0.962. The van der Waals surface area contributed by atoms with Crippen LogP contribution in [-0.2, 0) is 9.53 Å². The Bertz CT molecular complexity index is 549. The minimum absolute atomic E-state index is 0.0196. The molecule has 0 radical (unpaired) electrons. The molecule has 0 bridgehead atoms. The van der Waals surface area contributed by atoms with Crippen LogP contribution in [0.5, 0.6) is 0 Å². The average molecular weight is 391 g/mol. The summed E-state index contributed by atoms with van der Waals surface area (Å²) in [6.45, 7) is 13.8. The monoisotopic (exact) mass is 390 g/mol. The van der Waals surface area contributed by atoms with Crippen molar-refractivity contribution in [2.24, 2.45) is 34.5 Å². The number of carbonyl (C=O) groups is 1. The van der Waals surface area contributed by atoms with E-state index < -0.39 is 0 Å². The van der Waals surface area contributed by atoms with Gasteiger partial charge in [0.2, 0.25) is 0 Å². The van der Waals surface area contributed by atoms with Crippen LogP contribution in [0, 0.1) is 34.5 Å². The van der Waals surface area contributed by atoms with E-state index in [0.717, 1.165) is 36.5 Å². The summed E-state index contributed by atoms with van der Waals surface area (Å²) in [4.78, 5) is 12.6. The molecule has 3 aliphatic rings. The zero-order chi connectivity index (χ0) is 20.6. The minimum Gasteiger partial charge on any atom is -0.459 e. The smallest absolute Gasteiger partial charge is 0.306 e. The lowest BCUT2D eigenvalue weighted by molar-refractivity contribution is -0.288. The van der Waals surface area contributed by atoms with Crippen molar-refractivity contribution in [1.82, 2.24) is 0 Å². The standard InChI is InChI=1S/C26H46O2/c1-7-8-9-10-11-12-13-22(27)28-25(5,6)24(3,4)26-17-20-15-14-19(2)16-21(18-26)23(20)26/h19-21,23H,7-18H2,1-6H3. The van der Waals surface area contributed by atoms with E-state index in [1.165, 1.54) is 57.8 Å². The molecule has 3 saturated carbocycles. The fourth-order valence-corrected chi connectivity index (χ4v) is 7.20. The van der Waals surface area contributed by atoms with Crippen LogP contribution in [0.25, 0.3) is 0 Å². The maximum absolute atomic E-state index is 12.6. The predicted octanol–water partition coefficient (Wildman–Crippen LogP) is 7.55. The lowest BCUT2D eigenvalue weighted by atomic mass is 9.30. The van der Waals surface area contributed by atoms with Crippen molar-refractivity contribution in [2.75, 3.05) is 0 Å². The molecule has 0 aromatic heterocycles. The molecular weight excluding hydrogens is 344 g/mol. The zero-order valence-corrected chi connectivity index (χ0v) is 19.6. The molecule has 3 rings (SSSR count). The number of hydrogen-bond acceptors (Lipinski definition) is 2. The summed E-state index contributed by atoms with van der Waals surface area (Å²) in [5.41, 5.74) is 0.0680. The number of unbranched alkanes of at least 4 members (excludes halogenated alkanes) is 5. The van der Waals surface area contributed by atoms with Crippen LogP contribution in [-0.4, -0.2) is 11.6 Å². The quantitative estimate of drug-likeness (QED) is 0.284. The molecule has 2 heteroatoms. The molecule has 3 aliphatic carbocycles. The second-order valence-corrected chi connectivity index (χ2v) is 11.7. The van der Waals surface area contributed by atoms with Gasteiger partial charge < -0.3 is 4.74 Å². The first-order valence-electron chi connectivity index (χ1n) is 12.4. The van der Waals surface area contributed by atoms with Gasteiger partial charge in [-0.3, -0.25) is 4.79 Å². The van der Waals surface area contributed by atoms with Crippen molar-refractivity contribution < 1.29 is 9.53 Å². The van der Waals surface area contributed by atoms with Gasteiger partial charge in [-0.05, 0) is 75.0 Å². The van der Waals surface area contributed by atoms with Crippen molar-refractivity contribution >= 4 is 5.97 Å². The number of rotatable bonds is 10. The van der Waals surface area contributed by atoms with Crippen molar-refractivity contribution in [3.05, 3.63) is 0 Å².